The molecule has 0 unspecified atom stereocenters. The molecule has 3 aromatic heterocycles. The van der Waals surface area contributed by atoms with Gasteiger partial charge in [-0.05, 0) is 49.7 Å². The zero-order valence-corrected chi connectivity index (χ0v) is 19.6. The molecular formula is C25H33N5O3. The average Bonchev–Trinajstić information content (AvgIpc) is 3.30. The van der Waals surface area contributed by atoms with Crippen molar-refractivity contribution in [3.8, 4) is 11.6 Å². The molecule has 5 rings (SSSR count). The molecule has 1 saturated heterocycles. The summed E-state index contributed by atoms with van der Waals surface area (Å²) < 4.78 is 19.8. The Bertz CT molecular complexity index is 1070. The number of aromatic nitrogens is 4. The largest absolute Gasteiger partial charge is 0.492 e. The molecule has 0 atom stereocenters. The summed E-state index contributed by atoms with van der Waals surface area (Å²) in [5, 5.41) is 5.25. The second-order valence-electron chi connectivity index (χ2n) is 9.01. The molecule has 0 bridgehead atoms. The number of hydrogen-bond acceptors (Lipinski definition) is 7. The summed E-state index contributed by atoms with van der Waals surface area (Å²) in [5.41, 5.74) is 2.21. The van der Waals surface area contributed by atoms with E-state index in [0.29, 0.717) is 31.6 Å². The van der Waals surface area contributed by atoms with Gasteiger partial charge >= 0.3 is 0 Å². The first-order chi connectivity index (χ1) is 16.2. The molecule has 2 aliphatic rings. The predicted octanol–water partition coefficient (Wildman–Crippen LogP) is 4.09. The Morgan fingerprint density at radius 1 is 1.09 bits per heavy atom. The SMILES string of the molecule is CCCOc1cnc2cc(N3CCOCC3)nc(OC3CCC(c4cnn(C)c4)CC3)c2c1. The number of ether oxygens (including phenoxy) is 3. The highest BCUT2D eigenvalue weighted by atomic mass is 16.5. The minimum absolute atomic E-state index is 0.147. The number of pyridine rings is 2. The van der Waals surface area contributed by atoms with Crippen LogP contribution < -0.4 is 14.4 Å². The van der Waals surface area contributed by atoms with Crippen molar-refractivity contribution in [3.63, 3.8) is 0 Å². The smallest absolute Gasteiger partial charge is 0.225 e. The van der Waals surface area contributed by atoms with E-state index in [1.54, 1.807) is 6.20 Å². The molecule has 1 aliphatic heterocycles. The van der Waals surface area contributed by atoms with E-state index in [1.165, 1.54) is 5.56 Å². The van der Waals surface area contributed by atoms with E-state index in [0.717, 1.165) is 67.7 Å². The summed E-state index contributed by atoms with van der Waals surface area (Å²) in [4.78, 5) is 11.9. The lowest BCUT2D eigenvalue weighted by atomic mass is 9.84. The maximum atomic E-state index is 6.56. The topological polar surface area (TPSA) is 74.5 Å². The summed E-state index contributed by atoms with van der Waals surface area (Å²) in [7, 11) is 1.98. The fourth-order valence-corrected chi connectivity index (χ4v) is 4.73. The van der Waals surface area contributed by atoms with Crippen LogP contribution in [0.1, 0.15) is 50.5 Å². The molecule has 0 amide bonds. The lowest BCUT2D eigenvalue weighted by molar-refractivity contribution is 0.122. The molecule has 33 heavy (non-hydrogen) atoms. The molecular weight excluding hydrogens is 418 g/mol. The number of aryl methyl sites for hydroxylation is 1. The van der Waals surface area contributed by atoms with E-state index < -0.39 is 0 Å². The van der Waals surface area contributed by atoms with Crippen molar-refractivity contribution >= 4 is 16.7 Å². The van der Waals surface area contributed by atoms with Gasteiger partial charge in [0.1, 0.15) is 17.7 Å². The zero-order chi connectivity index (χ0) is 22.6. The van der Waals surface area contributed by atoms with Crippen molar-refractivity contribution in [1.82, 2.24) is 19.7 Å². The van der Waals surface area contributed by atoms with Gasteiger partial charge in [-0.1, -0.05) is 6.92 Å². The number of hydrogen-bond donors (Lipinski definition) is 0. The molecule has 2 fully saturated rings. The first kappa shape index (κ1) is 21.9. The summed E-state index contributed by atoms with van der Waals surface area (Å²) in [6.45, 7) is 5.84. The molecule has 1 aliphatic carbocycles. The fraction of sp³-hybridized carbons (Fsp3) is 0.560. The van der Waals surface area contributed by atoms with Crippen LogP contribution in [0.2, 0.25) is 0 Å². The third-order valence-electron chi connectivity index (χ3n) is 6.56. The maximum absolute atomic E-state index is 6.56. The molecule has 176 valence electrons. The Morgan fingerprint density at radius 3 is 2.64 bits per heavy atom. The molecule has 0 N–H and O–H groups in total. The molecule has 0 aromatic carbocycles. The molecule has 1 saturated carbocycles. The number of morpholine rings is 1. The Morgan fingerprint density at radius 2 is 1.91 bits per heavy atom. The van der Waals surface area contributed by atoms with E-state index >= 15 is 0 Å². The number of fused-ring (bicyclic) bond motifs is 1. The number of nitrogens with zero attached hydrogens (tertiary/aromatic N) is 5. The first-order valence-corrected chi connectivity index (χ1v) is 12.1. The Labute approximate surface area is 194 Å². The van der Waals surface area contributed by atoms with E-state index in [2.05, 4.69) is 34.2 Å². The highest BCUT2D eigenvalue weighted by molar-refractivity contribution is 5.87. The Balaban J connectivity index is 1.38. The van der Waals surface area contributed by atoms with E-state index in [9.17, 15) is 0 Å². The Kier molecular flexibility index (Phi) is 6.62. The fourth-order valence-electron chi connectivity index (χ4n) is 4.73. The monoisotopic (exact) mass is 451 g/mol. The molecule has 4 heterocycles. The van der Waals surface area contributed by atoms with Crippen molar-refractivity contribution in [1.29, 1.82) is 0 Å². The van der Waals surface area contributed by atoms with E-state index in [4.69, 9.17) is 19.2 Å². The van der Waals surface area contributed by atoms with Crippen LogP contribution in [-0.2, 0) is 11.8 Å². The normalized spacial score (nSPS) is 21.3. The van der Waals surface area contributed by atoms with E-state index in [-0.39, 0.29) is 6.10 Å². The van der Waals surface area contributed by atoms with Gasteiger partial charge in [-0.15, -0.1) is 0 Å². The van der Waals surface area contributed by atoms with Crippen molar-refractivity contribution < 1.29 is 14.2 Å². The molecule has 0 radical (unpaired) electrons. The lowest BCUT2D eigenvalue weighted by Crippen LogP contribution is -2.36. The van der Waals surface area contributed by atoms with Crippen LogP contribution in [0.5, 0.6) is 11.6 Å². The number of rotatable bonds is 7. The lowest BCUT2D eigenvalue weighted by Gasteiger charge is -2.30. The van der Waals surface area contributed by atoms with Gasteiger partial charge in [0, 0.05) is 32.4 Å². The summed E-state index contributed by atoms with van der Waals surface area (Å²) in [6, 6.07) is 4.07. The van der Waals surface area contributed by atoms with Gasteiger partial charge in [0.2, 0.25) is 5.88 Å². The summed E-state index contributed by atoms with van der Waals surface area (Å²) >= 11 is 0. The number of anilines is 1. The van der Waals surface area contributed by atoms with Crippen LogP contribution in [0.25, 0.3) is 10.9 Å². The maximum Gasteiger partial charge on any atom is 0.225 e. The summed E-state index contributed by atoms with van der Waals surface area (Å²) in [5.74, 6) is 2.88. The molecule has 3 aromatic rings. The van der Waals surface area contributed by atoms with Gasteiger partial charge in [0.25, 0.3) is 0 Å². The van der Waals surface area contributed by atoms with Crippen LogP contribution in [0, 0.1) is 0 Å². The van der Waals surface area contributed by atoms with Gasteiger partial charge in [-0.3, -0.25) is 9.67 Å². The van der Waals surface area contributed by atoms with Crippen molar-refractivity contribution in [2.75, 3.05) is 37.8 Å². The van der Waals surface area contributed by atoms with Crippen molar-refractivity contribution in [3.05, 3.63) is 36.3 Å². The van der Waals surface area contributed by atoms with Crippen molar-refractivity contribution in [2.24, 2.45) is 7.05 Å². The average molecular weight is 452 g/mol. The molecule has 0 spiro atoms. The van der Waals surface area contributed by atoms with Crippen molar-refractivity contribution in [2.45, 2.75) is 51.0 Å². The minimum Gasteiger partial charge on any atom is -0.492 e. The first-order valence-electron chi connectivity index (χ1n) is 12.1. The zero-order valence-electron chi connectivity index (χ0n) is 19.6. The van der Waals surface area contributed by atoms with Gasteiger partial charge in [-0.2, -0.15) is 10.1 Å². The summed E-state index contributed by atoms with van der Waals surface area (Å²) in [6.07, 6.45) is 11.2. The van der Waals surface area contributed by atoms with E-state index in [1.807, 2.05) is 24.0 Å². The standard InChI is InChI=1S/C25H33N5O3/c1-3-10-32-21-13-22-23(26-16-21)14-24(30-8-11-31-12-9-30)28-25(22)33-20-6-4-18(5-7-20)19-15-27-29(2)17-19/h13-18,20H,3-12H2,1-2H3. The van der Waals surface area contributed by atoms with Gasteiger partial charge < -0.3 is 19.1 Å². The third kappa shape index (κ3) is 5.05. The van der Waals surface area contributed by atoms with Crippen LogP contribution in [0.15, 0.2) is 30.7 Å². The second-order valence-corrected chi connectivity index (χ2v) is 9.01. The van der Waals surface area contributed by atoms with Crippen LogP contribution in [0.4, 0.5) is 5.82 Å². The Hall–Kier alpha value is -2.87. The van der Waals surface area contributed by atoms with Crippen LogP contribution in [0.3, 0.4) is 0 Å². The van der Waals surface area contributed by atoms with Gasteiger partial charge in [0.05, 0.1) is 43.1 Å². The minimum atomic E-state index is 0.147. The second kappa shape index (κ2) is 9.95. The molecule has 8 heteroatoms. The highest BCUT2D eigenvalue weighted by Crippen LogP contribution is 2.36. The van der Waals surface area contributed by atoms with Gasteiger partial charge in [0.15, 0.2) is 0 Å². The van der Waals surface area contributed by atoms with Gasteiger partial charge in [-0.25, -0.2) is 0 Å². The third-order valence-corrected chi connectivity index (χ3v) is 6.56. The predicted molar refractivity (Wildman–Crippen MR) is 127 cm³/mol. The van der Waals surface area contributed by atoms with Crippen LogP contribution >= 0.6 is 0 Å². The molecule has 8 nitrogen and oxygen atoms in total. The van der Waals surface area contributed by atoms with Crippen LogP contribution in [-0.4, -0.2) is 58.8 Å². The quantitative estimate of drug-likeness (QED) is 0.535. The highest BCUT2D eigenvalue weighted by Gasteiger charge is 2.26.